The first-order chi connectivity index (χ1) is 13.9. The predicted octanol–water partition coefficient (Wildman–Crippen LogP) is 3.23. The van der Waals surface area contributed by atoms with Crippen LogP contribution in [-0.4, -0.2) is 38.9 Å². The third-order valence-electron chi connectivity index (χ3n) is 5.22. The Labute approximate surface area is 173 Å². The molecule has 1 heterocycles. The molecule has 0 saturated carbocycles. The number of carbonyl (C=O) groups is 1. The van der Waals surface area contributed by atoms with Gasteiger partial charge in [0.05, 0.1) is 4.90 Å². The fourth-order valence-corrected chi connectivity index (χ4v) is 4.43. The monoisotopic (exact) mass is 415 g/mol. The van der Waals surface area contributed by atoms with Gasteiger partial charge in [0.2, 0.25) is 15.9 Å². The molecule has 1 aliphatic rings. The topological polar surface area (TPSA) is 78.5 Å². The van der Waals surface area contributed by atoms with Crippen LogP contribution in [0.3, 0.4) is 0 Å². The summed E-state index contributed by atoms with van der Waals surface area (Å²) in [5.41, 5.74) is 1.95. The molecule has 1 fully saturated rings. The number of nitrogens with one attached hydrogen (secondary N) is 2. The molecule has 2 aromatic rings. The van der Waals surface area contributed by atoms with Crippen molar-refractivity contribution in [2.45, 2.75) is 37.6 Å². The predicted molar refractivity (Wildman–Crippen MR) is 115 cm³/mol. The van der Waals surface area contributed by atoms with Crippen LogP contribution in [0.25, 0.3) is 0 Å². The Bertz CT molecular complexity index is 891. The highest BCUT2D eigenvalue weighted by molar-refractivity contribution is 7.89. The van der Waals surface area contributed by atoms with Crippen molar-refractivity contribution in [3.8, 4) is 0 Å². The molecule has 0 atom stereocenters. The molecular formula is C22H29N3O3S. The van der Waals surface area contributed by atoms with E-state index in [1.807, 2.05) is 24.3 Å². The van der Waals surface area contributed by atoms with Crippen LogP contribution in [0, 0.1) is 5.92 Å². The lowest BCUT2D eigenvalue weighted by Gasteiger charge is -2.30. The smallest absolute Gasteiger partial charge is 0.240 e. The van der Waals surface area contributed by atoms with Crippen molar-refractivity contribution in [1.29, 1.82) is 0 Å². The number of piperidine rings is 1. The number of sulfonamides is 1. The lowest BCUT2D eigenvalue weighted by atomic mass is 9.99. The van der Waals surface area contributed by atoms with E-state index in [0.29, 0.717) is 0 Å². The lowest BCUT2D eigenvalue weighted by Crippen LogP contribution is -2.32. The van der Waals surface area contributed by atoms with Crippen molar-refractivity contribution in [3.05, 3.63) is 60.2 Å². The molecule has 2 aromatic carbocycles. The zero-order valence-corrected chi connectivity index (χ0v) is 17.6. The second kappa shape index (κ2) is 10.0. The number of benzene rings is 2. The van der Waals surface area contributed by atoms with Gasteiger partial charge in [-0.3, -0.25) is 9.69 Å². The van der Waals surface area contributed by atoms with E-state index in [4.69, 9.17) is 0 Å². The SMILES string of the molecule is CC1CCN(Cc2ccc(NC(=O)CCNS(=O)(=O)c3ccccc3)cc2)CC1. The molecule has 0 aromatic heterocycles. The van der Waals surface area contributed by atoms with Crippen LogP contribution in [0.1, 0.15) is 31.7 Å². The van der Waals surface area contributed by atoms with Crippen LogP contribution in [0.15, 0.2) is 59.5 Å². The summed E-state index contributed by atoms with van der Waals surface area (Å²) in [6.45, 7) is 5.56. The van der Waals surface area contributed by atoms with Gasteiger partial charge in [0.1, 0.15) is 0 Å². The molecule has 29 heavy (non-hydrogen) atoms. The summed E-state index contributed by atoms with van der Waals surface area (Å²) in [5.74, 6) is 0.597. The average Bonchev–Trinajstić information content (AvgIpc) is 2.72. The summed E-state index contributed by atoms with van der Waals surface area (Å²) in [5, 5.41) is 2.82. The summed E-state index contributed by atoms with van der Waals surface area (Å²) in [7, 11) is -3.59. The van der Waals surface area contributed by atoms with E-state index < -0.39 is 10.0 Å². The zero-order valence-electron chi connectivity index (χ0n) is 16.8. The minimum Gasteiger partial charge on any atom is -0.326 e. The highest BCUT2D eigenvalue weighted by Gasteiger charge is 2.16. The number of hydrogen-bond donors (Lipinski definition) is 2. The van der Waals surface area contributed by atoms with Crippen LogP contribution in [0.4, 0.5) is 5.69 Å². The van der Waals surface area contributed by atoms with Gasteiger partial charge in [-0.2, -0.15) is 0 Å². The van der Waals surface area contributed by atoms with E-state index in [1.165, 1.54) is 30.5 Å². The number of carbonyl (C=O) groups excluding carboxylic acids is 1. The molecule has 3 rings (SSSR count). The molecule has 0 aliphatic carbocycles. The number of rotatable bonds is 8. The van der Waals surface area contributed by atoms with Gasteiger partial charge in [0.15, 0.2) is 0 Å². The minimum absolute atomic E-state index is 0.0501. The molecular weight excluding hydrogens is 386 g/mol. The van der Waals surface area contributed by atoms with E-state index in [-0.39, 0.29) is 23.8 Å². The molecule has 6 nitrogen and oxygen atoms in total. The number of anilines is 1. The molecule has 1 aliphatic heterocycles. The van der Waals surface area contributed by atoms with Gasteiger partial charge >= 0.3 is 0 Å². The van der Waals surface area contributed by atoms with Crippen LogP contribution in [-0.2, 0) is 21.4 Å². The quantitative estimate of drug-likeness (QED) is 0.694. The lowest BCUT2D eigenvalue weighted by molar-refractivity contribution is -0.116. The Hall–Kier alpha value is -2.22. The number of hydrogen-bond acceptors (Lipinski definition) is 4. The maximum Gasteiger partial charge on any atom is 0.240 e. The zero-order chi connectivity index (χ0) is 20.7. The molecule has 156 valence electrons. The number of amides is 1. The van der Waals surface area contributed by atoms with E-state index >= 15 is 0 Å². The van der Waals surface area contributed by atoms with Crippen LogP contribution >= 0.6 is 0 Å². The maximum atomic E-state index is 12.1. The first kappa shape index (κ1) is 21.5. The van der Waals surface area contributed by atoms with Crippen molar-refractivity contribution < 1.29 is 13.2 Å². The van der Waals surface area contributed by atoms with Gasteiger partial charge in [0, 0.05) is 25.2 Å². The van der Waals surface area contributed by atoms with Gasteiger partial charge in [0.25, 0.3) is 0 Å². The summed E-state index contributed by atoms with van der Waals surface area (Å²) < 4.78 is 26.7. The van der Waals surface area contributed by atoms with E-state index in [2.05, 4.69) is 21.9 Å². The first-order valence-corrected chi connectivity index (χ1v) is 11.6. The van der Waals surface area contributed by atoms with Gasteiger partial charge in [-0.1, -0.05) is 37.3 Å². The molecule has 7 heteroatoms. The van der Waals surface area contributed by atoms with E-state index in [9.17, 15) is 13.2 Å². The maximum absolute atomic E-state index is 12.1. The molecule has 1 saturated heterocycles. The molecule has 0 spiro atoms. The first-order valence-electron chi connectivity index (χ1n) is 10.1. The van der Waals surface area contributed by atoms with Crippen molar-refractivity contribution in [1.82, 2.24) is 9.62 Å². The molecule has 0 bridgehead atoms. The third kappa shape index (κ3) is 6.66. The molecule has 1 amide bonds. The second-order valence-electron chi connectivity index (χ2n) is 7.66. The van der Waals surface area contributed by atoms with Crippen molar-refractivity contribution in [2.24, 2.45) is 5.92 Å². The van der Waals surface area contributed by atoms with Gasteiger partial charge in [-0.05, 0) is 61.7 Å². The normalized spacial score (nSPS) is 15.9. The van der Waals surface area contributed by atoms with Crippen molar-refractivity contribution in [2.75, 3.05) is 25.0 Å². The molecule has 0 radical (unpaired) electrons. The highest BCUT2D eigenvalue weighted by atomic mass is 32.2. The fraction of sp³-hybridized carbons (Fsp3) is 0.409. The van der Waals surface area contributed by atoms with E-state index in [1.54, 1.807) is 18.2 Å². The Morgan fingerprint density at radius 2 is 1.69 bits per heavy atom. The largest absolute Gasteiger partial charge is 0.326 e. The van der Waals surface area contributed by atoms with Gasteiger partial charge in [-0.15, -0.1) is 0 Å². The second-order valence-corrected chi connectivity index (χ2v) is 9.43. The Kier molecular flexibility index (Phi) is 7.41. The van der Waals surface area contributed by atoms with Crippen LogP contribution in [0.2, 0.25) is 0 Å². The van der Waals surface area contributed by atoms with Gasteiger partial charge in [-0.25, -0.2) is 13.1 Å². The minimum atomic E-state index is -3.59. The summed E-state index contributed by atoms with van der Waals surface area (Å²) in [4.78, 5) is 14.8. The van der Waals surface area contributed by atoms with Gasteiger partial charge < -0.3 is 5.32 Å². The summed E-state index contributed by atoms with van der Waals surface area (Å²) >= 11 is 0. The Balaban J connectivity index is 1.42. The number of nitrogens with zero attached hydrogens (tertiary/aromatic N) is 1. The third-order valence-corrected chi connectivity index (χ3v) is 6.69. The van der Waals surface area contributed by atoms with Crippen molar-refractivity contribution in [3.63, 3.8) is 0 Å². The average molecular weight is 416 g/mol. The summed E-state index contributed by atoms with van der Waals surface area (Å²) in [6, 6.07) is 16.0. The standard InChI is InChI=1S/C22H29N3O3S/c1-18-12-15-25(16-13-18)17-19-7-9-20(10-8-19)24-22(26)11-14-23-29(27,28)21-5-3-2-4-6-21/h2-10,18,23H,11-17H2,1H3,(H,24,26). The molecule has 2 N–H and O–H groups in total. The fourth-order valence-electron chi connectivity index (χ4n) is 3.38. The van der Waals surface area contributed by atoms with Crippen LogP contribution in [0.5, 0.6) is 0 Å². The highest BCUT2D eigenvalue weighted by Crippen LogP contribution is 2.19. The number of likely N-dealkylation sites (tertiary alicyclic amines) is 1. The Morgan fingerprint density at radius 1 is 1.03 bits per heavy atom. The van der Waals surface area contributed by atoms with Crippen LogP contribution < -0.4 is 10.0 Å². The van der Waals surface area contributed by atoms with E-state index in [0.717, 1.165) is 31.2 Å². The summed E-state index contributed by atoms with van der Waals surface area (Å²) in [6.07, 6.45) is 2.57. The molecule has 0 unspecified atom stereocenters. The van der Waals surface area contributed by atoms with Crippen molar-refractivity contribution >= 4 is 21.6 Å². The Morgan fingerprint density at radius 3 is 2.34 bits per heavy atom.